The lowest BCUT2D eigenvalue weighted by Crippen LogP contribution is -2.24. The van der Waals surface area contributed by atoms with E-state index in [0.717, 1.165) is 11.1 Å². The Hall–Kier alpha value is -4.00. The van der Waals surface area contributed by atoms with Crippen molar-refractivity contribution in [3.8, 4) is 16.9 Å². The highest BCUT2D eigenvalue weighted by Gasteiger charge is 2.08. The van der Waals surface area contributed by atoms with Gasteiger partial charge in [0.1, 0.15) is 5.75 Å². The number of amides is 1. The van der Waals surface area contributed by atoms with E-state index in [4.69, 9.17) is 4.74 Å². The summed E-state index contributed by atoms with van der Waals surface area (Å²) in [5, 5.41) is 14.6. The van der Waals surface area contributed by atoms with Crippen LogP contribution in [0, 0.1) is 10.1 Å². The number of hydrogen-bond donors (Lipinski definition) is 1. The minimum Gasteiger partial charge on any atom is -0.483 e. The van der Waals surface area contributed by atoms with Gasteiger partial charge in [-0.05, 0) is 11.6 Å². The smallest absolute Gasteiger partial charge is 0.277 e. The number of nitro groups is 1. The molecule has 3 aromatic rings. The Balaban J connectivity index is 1.58. The Morgan fingerprint density at radius 1 is 1.04 bits per heavy atom. The summed E-state index contributed by atoms with van der Waals surface area (Å²) in [5.41, 5.74) is 4.68. The standard InChI is InChI=1S/C21H17N3O4/c25-21(23-22-14-16-7-6-10-18(13-16)24(26)27)15-28-20-12-5-4-11-19(20)17-8-2-1-3-9-17/h1-14H,15H2,(H,23,25)/b22-14+. The van der Waals surface area contributed by atoms with Crippen molar-refractivity contribution in [2.75, 3.05) is 6.61 Å². The van der Waals surface area contributed by atoms with Crippen LogP contribution in [0.1, 0.15) is 5.56 Å². The molecule has 0 saturated heterocycles. The molecule has 0 radical (unpaired) electrons. The fourth-order valence-corrected chi connectivity index (χ4v) is 2.52. The predicted molar refractivity (Wildman–Crippen MR) is 106 cm³/mol. The van der Waals surface area contributed by atoms with Gasteiger partial charge in [-0.3, -0.25) is 14.9 Å². The van der Waals surface area contributed by atoms with E-state index in [-0.39, 0.29) is 12.3 Å². The fraction of sp³-hybridized carbons (Fsp3) is 0.0476. The second-order valence-electron chi connectivity index (χ2n) is 5.80. The summed E-state index contributed by atoms with van der Waals surface area (Å²) in [5.74, 6) is 0.149. The summed E-state index contributed by atoms with van der Waals surface area (Å²) in [6, 6.07) is 23.1. The van der Waals surface area contributed by atoms with Gasteiger partial charge in [-0.1, -0.05) is 60.7 Å². The van der Waals surface area contributed by atoms with Crippen LogP contribution in [0.2, 0.25) is 0 Å². The highest BCUT2D eigenvalue weighted by atomic mass is 16.6. The zero-order valence-corrected chi connectivity index (χ0v) is 14.8. The Labute approximate surface area is 161 Å². The largest absolute Gasteiger partial charge is 0.483 e. The Morgan fingerprint density at radius 2 is 1.79 bits per heavy atom. The van der Waals surface area contributed by atoms with Crippen LogP contribution in [0.4, 0.5) is 5.69 Å². The van der Waals surface area contributed by atoms with Crippen LogP contribution in [0.5, 0.6) is 5.75 Å². The van der Waals surface area contributed by atoms with E-state index in [1.54, 1.807) is 18.2 Å². The number of hydrogen-bond acceptors (Lipinski definition) is 5. The van der Waals surface area contributed by atoms with Gasteiger partial charge >= 0.3 is 0 Å². The normalized spacial score (nSPS) is 10.6. The molecular formula is C21H17N3O4. The molecule has 0 saturated carbocycles. The number of carbonyl (C=O) groups is 1. The van der Waals surface area contributed by atoms with E-state index in [9.17, 15) is 14.9 Å². The molecule has 1 amide bonds. The molecule has 0 fully saturated rings. The maximum absolute atomic E-state index is 12.0. The van der Waals surface area contributed by atoms with Gasteiger partial charge in [-0.25, -0.2) is 5.43 Å². The molecule has 3 aromatic carbocycles. The van der Waals surface area contributed by atoms with E-state index in [1.807, 2.05) is 48.5 Å². The van der Waals surface area contributed by atoms with E-state index in [0.29, 0.717) is 11.3 Å². The number of hydrazone groups is 1. The molecule has 1 N–H and O–H groups in total. The molecule has 0 heterocycles. The second kappa shape index (κ2) is 9.09. The summed E-state index contributed by atoms with van der Waals surface area (Å²) < 4.78 is 5.63. The van der Waals surface area contributed by atoms with Crippen LogP contribution < -0.4 is 10.2 Å². The molecule has 140 valence electrons. The number of rotatable bonds is 7. The molecule has 0 aliphatic carbocycles. The number of nitrogens with one attached hydrogen (secondary N) is 1. The third-order valence-corrected chi connectivity index (χ3v) is 3.81. The van der Waals surface area contributed by atoms with Crippen LogP contribution in [-0.2, 0) is 4.79 Å². The Morgan fingerprint density at radius 3 is 2.57 bits per heavy atom. The van der Waals surface area contributed by atoms with Gasteiger partial charge in [-0.2, -0.15) is 5.10 Å². The summed E-state index contributed by atoms with van der Waals surface area (Å²) in [4.78, 5) is 22.2. The number of para-hydroxylation sites is 1. The summed E-state index contributed by atoms with van der Waals surface area (Å²) in [6.45, 7) is -0.212. The molecule has 7 heteroatoms. The van der Waals surface area contributed by atoms with Crippen LogP contribution in [0.3, 0.4) is 0 Å². The van der Waals surface area contributed by atoms with Gasteiger partial charge < -0.3 is 4.74 Å². The maximum Gasteiger partial charge on any atom is 0.277 e. The van der Waals surface area contributed by atoms with Crippen LogP contribution in [0.25, 0.3) is 11.1 Å². The van der Waals surface area contributed by atoms with Crippen molar-refractivity contribution in [1.82, 2.24) is 5.43 Å². The molecular weight excluding hydrogens is 358 g/mol. The van der Waals surface area contributed by atoms with Crippen LogP contribution in [-0.4, -0.2) is 23.7 Å². The minimum atomic E-state index is -0.492. The van der Waals surface area contributed by atoms with Crippen molar-refractivity contribution in [3.05, 3.63) is 94.5 Å². The quantitative estimate of drug-likeness (QED) is 0.386. The first-order valence-corrected chi connectivity index (χ1v) is 8.47. The lowest BCUT2D eigenvalue weighted by Gasteiger charge is -2.10. The van der Waals surface area contributed by atoms with Gasteiger partial charge in [0.15, 0.2) is 6.61 Å². The molecule has 0 unspecified atom stereocenters. The van der Waals surface area contributed by atoms with Crippen molar-refractivity contribution in [2.45, 2.75) is 0 Å². The third kappa shape index (κ3) is 5.01. The highest BCUT2D eigenvalue weighted by Crippen LogP contribution is 2.29. The van der Waals surface area contributed by atoms with Crippen molar-refractivity contribution in [2.24, 2.45) is 5.10 Å². The topological polar surface area (TPSA) is 93.8 Å². The number of non-ortho nitro benzene ring substituents is 1. The number of nitrogens with zero attached hydrogens (tertiary/aromatic N) is 2. The first-order chi connectivity index (χ1) is 13.6. The monoisotopic (exact) mass is 375 g/mol. The molecule has 28 heavy (non-hydrogen) atoms. The Bertz CT molecular complexity index is 1000. The van der Waals surface area contributed by atoms with E-state index in [1.165, 1.54) is 18.3 Å². The van der Waals surface area contributed by atoms with Gasteiger partial charge in [0.25, 0.3) is 11.6 Å². The zero-order chi connectivity index (χ0) is 19.8. The van der Waals surface area contributed by atoms with E-state index < -0.39 is 10.8 Å². The number of carbonyl (C=O) groups excluding carboxylic acids is 1. The van der Waals surface area contributed by atoms with Gasteiger partial charge in [0.2, 0.25) is 0 Å². The number of benzene rings is 3. The number of ether oxygens (including phenoxy) is 1. The average molecular weight is 375 g/mol. The molecule has 0 spiro atoms. The zero-order valence-electron chi connectivity index (χ0n) is 14.8. The second-order valence-corrected chi connectivity index (χ2v) is 5.80. The van der Waals surface area contributed by atoms with Crippen molar-refractivity contribution in [1.29, 1.82) is 0 Å². The van der Waals surface area contributed by atoms with Gasteiger partial charge in [0.05, 0.1) is 11.1 Å². The summed E-state index contributed by atoms with van der Waals surface area (Å²) in [6.07, 6.45) is 1.34. The van der Waals surface area contributed by atoms with E-state index >= 15 is 0 Å². The van der Waals surface area contributed by atoms with Crippen molar-refractivity contribution >= 4 is 17.8 Å². The van der Waals surface area contributed by atoms with Crippen LogP contribution in [0.15, 0.2) is 84.0 Å². The maximum atomic E-state index is 12.0. The highest BCUT2D eigenvalue weighted by molar-refractivity contribution is 5.83. The lowest BCUT2D eigenvalue weighted by molar-refractivity contribution is -0.384. The predicted octanol–water partition coefficient (Wildman–Crippen LogP) is 3.79. The molecule has 0 aromatic heterocycles. The SMILES string of the molecule is O=C(COc1ccccc1-c1ccccc1)N/N=C/c1cccc([N+](=O)[O-])c1. The first-order valence-electron chi connectivity index (χ1n) is 8.47. The van der Waals surface area contributed by atoms with Gasteiger partial charge in [-0.15, -0.1) is 0 Å². The average Bonchev–Trinajstić information content (AvgIpc) is 2.73. The minimum absolute atomic E-state index is 0.0453. The fourth-order valence-electron chi connectivity index (χ4n) is 2.52. The molecule has 7 nitrogen and oxygen atoms in total. The first kappa shape index (κ1) is 18.8. The number of nitro benzene ring substituents is 1. The molecule has 3 rings (SSSR count). The van der Waals surface area contributed by atoms with Gasteiger partial charge in [0, 0.05) is 23.3 Å². The van der Waals surface area contributed by atoms with Crippen molar-refractivity contribution < 1.29 is 14.5 Å². The third-order valence-electron chi connectivity index (χ3n) is 3.81. The lowest BCUT2D eigenvalue weighted by atomic mass is 10.1. The van der Waals surface area contributed by atoms with E-state index in [2.05, 4.69) is 10.5 Å². The Kier molecular flexibility index (Phi) is 6.10. The van der Waals surface area contributed by atoms with Crippen LogP contribution >= 0.6 is 0 Å². The summed E-state index contributed by atoms with van der Waals surface area (Å²) >= 11 is 0. The molecule has 0 aliphatic heterocycles. The summed E-state index contributed by atoms with van der Waals surface area (Å²) in [7, 11) is 0. The molecule has 0 aliphatic rings. The van der Waals surface area contributed by atoms with Crippen molar-refractivity contribution in [3.63, 3.8) is 0 Å². The molecule has 0 bridgehead atoms. The molecule has 0 atom stereocenters.